The molecule has 1 radical (unpaired) electrons. The highest BCUT2D eigenvalue weighted by atomic mass is 16.5. The zero-order valence-electron chi connectivity index (χ0n) is 6.73. The number of nitrogens with one attached hydrogen (secondary N) is 1. The van der Waals surface area contributed by atoms with Crippen molar-refractivity contribution in [3.63, 3.8) is 0 Å². The zero-order valence-corrected chi connectivity index (χ0v) is 6.73. The van der Waals surface area contributed by atoms with E-state index in [0.717, 1.165) is 6.42 Å². The van der Waals surface area contributed by atoms with Crippen LogP contribution in [0.5, 0.6) is 0 Å². The van der Waals surface area contributed by atoms with Crippen LogP contribution in [0.4, 0.5) is 0 Å². The number of carbonyl (C=O) groups excluding carboxylic acids is 1. The Labute approximate surface area is 61.5 Å². The first-order valence-electron chi connectivity index (χ1n) is 3.40. The Kier molecular flexibility index (Phi) is 3.36. The van der Waals surface area contributed by atoms with Crippen LogP contribution in [0.15, 0.2) is 0 Å². The molecule has 0 spiro atoms. The lowest BCUT2D eigenvalue weighted by Gasteiger charge is -2.14. The van der Waals surface area contributed by atoms with Gasteiger partial charge in [0.1, 0.15) is 5.54 Å². The van der Waals surface area contributed by atoms with E-state index in [1.165, 1.54) is 13.8 Å². The molecule has 0 unspecified atom stereocenters. The molecule has 0 aromatic rings. The third-order valence-electron chi connectivity index (χ3n) is 0.948. The molecule has 3 nitrogen and oxygen atoms in total. The van der Waals surface area contributed by atoms with Crippen molar-refractivity contribution in [3.8, 4) is 0 Å². The Morgan fingerprint density at radius 3 is 2.40 bits per heavy atom. The molecule has 3 heteroatoms. The smallest absolute Gasteiger partial charge is 0.327 e. The van der Waals surface area contributed by atoms with Crippen LogP contribution >= 0.6 is 0 Å². The Morgan fingerprint density at radius 1 is 1.60 bits per heavy atom. The van der Waals surface area contributed by atoms with E-state index in [9.17, 15) is 4.79 Å². The summed E-state index contributed by atoms with van der Waals surface area (Å²) in [7, 11) is 0. The van der Waals surface area contributed by atoms with E-state index in [-0.39, 0.29) is 0 Å². The number of ether oxygens (including phenoxy) is 1. The summed E-state index contributed by atoms with van der Waals surface area (Å²) in [6.45, 7) is 5.38. The summed E-state index contributed by atoms with van der Waals surface area (Å²) in [6, 6.07) is 0. The number of hydrogen-bond donors (Lipinski definition) is 0. The van der Waals surface area contributed by atoms with Crippen LogP contribution in [0.25, 0.3) is 0 Å². The SMILES string of the molecule is CCCOC(=O)C(C)(C)[NH]. The quantitative estimate of drug-likeness (QED) is 0.555. The van der Waals surface area contributed by atoms with Gasteiger partial charge in [0.15, 0.2) is 0 Å². The maximum atomic E-state index is 10.8. The van der Waals surface area contributed by atoms with E-state index >= 15 is 0 Å². The van der Waals surface area contributed by atoms with Gasteiger partial charge in [-0.15, -0.1) is 0 Å². The van der Waals surface area contributed by atoms with Crippen LogP contribution < -0.4 is 5.73 Å². The lowest BCUT2D eigenvalue weighted by atomic mass is 10.1. The summed E-state index contributed by atoms with van der Waals surface area (Å²) in [5.74, 6) is -0.450. The molecule has 0 fully saturated rings. The summed E-state index contributed by atoms with van der Waals surface area (Å²) in [5.41, 5.74) is 6.14. The van der Waals surface area contributed by atoms with E-state index < -0.39 is 11.5 Å². The molecule has 0 aromatic heterocycles. The first-order valence-corrected chi connectivity index (χ1v) is 3.40. The fourth-order valence-electron chi connectivity index (χ4n) is 0.375. The highest BCUT2D eigenvalue weighted by Crippen LogP contribution is 2.02. The van der Waals surface area contributed by atoms with E-state index in [4.69, 9.17) is 10.5 Å². The van der Waals surface area contributed by atoms with Crippen molar-refractivity contribution in [3.05, 3.63) is 0 Å². The molecule has 0 heterocycles. The Hall–Kier alpha value is -0.570. The molecular formula is C7H14NO2. The molecular weight excluding hydrogens is 130 g/mol. The van der Waals surface area contributed by atoms with Gasteiger partial charge in [-0.05, 0) is 20.3 Å². The van der Waals surface area contributed by atoms with Crippen molar-refractivity contribution in [2.24, 2.45) is 0 Å². The summed E-state index contributed by atoms with van der Waals surface area (Å²) in [5, 5.41) is 0. The summed E-state index contributed by atoms with van der Waals surface area (Å²) >= 11 is 0. The lowest BCUT2D eigenvalue weighted by Crippen LogP contribution is -2.35. The van der Waals surface area contributed by atoms with E-state index in [1.807, 2.05) is 6.92 Å². The van der Waals surface area contributed by atoms with Crippen molar-refractivity contribution < 1.29 is 9.53 Å². The molecule has 0 amide bonds. The average Bonchev–Trinajstić information content (AvgIpc) is 1.80. The molecule has 0 rings (SSSR count). The second-order valence-corrected chi connectivity index (χ2v) is 2.76. The fraction of sp³-hybridized carbons (Fsp3) is 0.857. The predicted octanol–water partition coefficient (Wildman–Crippen LogP) is 1.00. The van der Waals surface area contributed by atoms with Crippen molar-refractivity contribution in [1.29, 1.82) is 0 Å². The maximum absolute atomic E-state index is 10.8. The second-order valence-electron chi connectivity index (χ2n) is 2.76. The first-order chi connectivity index (χ1) is 4.48. The Morgan fingerprint density at radius 2 is 2.10 bits per heavy atom. The second kappa shape index (κ2) is 3.56. The number of hydrogen-bond acceptors (Lipinski definition) is 2. The third kappa shape index (κ3) is 3.45. The van der Waals surface area contributed by atoms with Crippen LogP contribution in [0.3, 0.4) is 0 Å². The Bertz CT molecular complexity index is 115. The Balaban J connectivity index is 3.64. The highest BCUT2D eigenvalue weighted by molar-refractivity contribution is 5.79. The van der Waals surface area contributed by atoms with Crippen molar-refractivity contribution in [1.82, 2.24) is 5.73 Å². The molecule has 0 saturated heterocycles. The minimum absolute atomic E-state index is 0.418. The van der Waals surface area contributed by atoms with Gasteiger partial charge in [0.25, 0.3) is 0 Å². The molecule has 59 valence electrons. The number of carbonyl (C=O) groups is 1. The van der Waals surface area contributed by atoms with Gasteiger partial charge in [0.2, 0.25) is 0 Å². The molecule has 0 atom stereocenters. The van der Waals surface area contributed by atoms with Gasteiger partial charge in [0, 0.05) is 0 Å². The van der Waals surface area contributed by atoms with E-state index in [2.05, 4.69) is 0 Å². The number of esters is 1. The first kappa shape index (κ1) is 9.43. The molecule has 1 N–H and O–H groups in total. The molecule has 0 aliphatic heterocycles. The molecule has 10 heavy (non-hydrogen) atoms. The van der Waals surface area contributed by atoms with Crippen LogP contribution in [0.1, 0.15) is 27.2 Å². The van der Waals surface area contributed by atoms with Crippen molar-refractivity contribution in [2.45, 2.75) is 32.7 Å². The maximum Gasteiger partial charge on any atom is 0.327 e. The normalized spacial score (nSPS) is 11.2. The third-order valence-corrected chi connectivity index (χ3v) is 0.948. The van der Waals surface area contributed by atoms with Gasteiger partial charge in [-0.2, -0.15) is 0 Å². The van der Waals surface area contributed by atoms with Gasteiger partial charge in [0.05, 0.1) is 6.61 Å². The van der Waals surface area contributed by atoms with Gasteiger partial charge in [-0.3, -0.25) is 4.79 Å². The monoisotopic (exact) mass is 144 g/mol. The average molecular weight is 144 g/mol. The van der Waals surface area contributed by atoms with Crippen LogP contribution in [0.2, 0.25) is 0 Å². The topological polar surface area (TPSA) is 50.1 Å². The number of rotatable bonds is 3. The summed E-state index contributed by atoms with van der Waals surface area (Å²) < 4.78 is 4.73. The van der Waals surface area contributed by atoms with Crippen molar-refractivity contribution in [2.75, 3.05) is 6.61 Å². The summed E-state index contributed by atoms with van der Waals surface area (Å²) in [6.07, 6.45) is 0.807. The fourth-order valence-corrected chi connectivity index (χ4v) is 0.375. The predicted molar refractivity (Wildman–Crippen MR) is 38.4 cm³/mol. The van der Waals surface area contributed by atoms with E-state index in [0.29, 0.717) is 6.61 Å². The molecule has 0 aliphatic rings. The van der Waals surface area contributed by atoms with Crippen molar-refractivity contribution >= 4 is 5.97 Å². The van der Waals surface area contributed by atoms with Gasteiger partial charge < -0.3 is 4.74 Å². The van der Waals surface area contributed by atoms with Crippen LogP contribution in [-0.4, -0.2) is 18.1 Å². The lowest BCUT2D eigenvalue weighted by molar-refractivity contribution is -0.149. The van der Waals surface area contributed by atoms with Gasteiger partial charge in [-0.1, -0.05) is 6.92 Å². The standard InChI is InChI=1S/C7H14NO2/c1-4-5-10-6(9)7(2,3)8/h8H,4-5H2,1-3H3. The minimum atomic E-state index is -1.10. The van der Waals surface area contributed by atoms with Crippen LogP contribution in [0, 0.1) is 0 Å². The summed E-state index contributed by atoms with van der Waals surface area (Å²) in [4.78, 5) is 10.8. The largest absolute Gasteiger partial charge is 0.464 e. The molecule has 0 bridgehead atoms. The zero-order chi connectivity index (χ0) is 8.20. The molecule has 0 aliphatic carbocycles. The van der Waals surface area contributed by atoms with Crippen LogP contribution in [-0.2, 0) is 9.53 Å². The van der Waals surface area contributed by atoms with E-state index in [1.54, 1.807) is 0 Å². The van der Waals surface area contributed by atoms with Gasteiger partial charge in [-0.25, -0.2) is 5.73 Å². The van der Waals surface area contributed by atoms with Gasteiger partial charge >= 0.3 is 5.97 Å². The molecule has 0 aromatic carbocycles. The minimum Gasteiger partial charge on any atom is -0.464 e. The highest BCUT2D eigenvalue weighted by Gasteiger charge is 2.24. The molecule has 0 saturated carbocycles.